The standard InChI is InChI=1S/C35H37N7O6/c36-27(16-23-18-38-28-9-5-4-8-26(23)28)32(44)40-29(14-21-6-2-1-3-7-21)33(45)41-30(17-24-19-37-20-39-24)34(46)42-31(35(47)48)15-22-10-12-25(43)13-11-22/h1-13,18-20,27,29-31,38,43H,14-17,36H2,(H,37,39)(H,40,44)(H,41,45)(H,42,46)(H,47,48). The van der Waals surface area contributed by atoms with Gasteiger partial charge in [0.1, 0.15) is 23.9 Å². The van der Waals surface area contributed by atoms with Crippen molar-refractivity contribution in [2.45, 2.75) is 49.9 Å². The minimum atomic E-state index is -1.33. The minimum Gasteiger partial charge on any atom is -0.508 e. The summed E-state index contributed by atoms with van der Waals surface area (Å²) in [5.74, 6) is -3.21. The molecule has 0 saturated carbocycles. The molecular formula is C35H37N7O6. The number of phenolic OH excluding ortho intramolecular Hbond substituents is 1. The van der Waals surface area contributed by atoms with Gasteiger partial charge in [0.2, 0.25) is 17.7 Å². The van der Waals surface area contributed by atoms with E-state index < -0.39 is 47.9 Å². The van der Waals surface area contributed by atoms with Crippen LogP contribution in [0.15, 0.2) is 97.6 Å². The number of hydrogen-bond acceptors (Lipinski definition) is 7. The number of fused-ring (bicyclic) bond motifs is 1. The largest absolute Gasteiger partial charge is 0.508 e. The molecule has 248 valence electrons. The molecule has 3 amide bonds. The highest BCUT2D eigenvalue weighted by Crippen LogP contribution is 2.19. The number of aromatic hydroxyl groups is 1. The molecule has 13 heteroatoms. The first-order valence-corrected chi connectivity index (χ1v) is 15.4. The number of phenols is 1. The number of rotatable bonds is 15. The highest BCUT2D eigenvalue weighted by atomic mass is 16.4. The first kappa shape index (κ1) is 33.4. The molecule has 0 aliphatic carbocycles. The Bertz CT molecular complexity index is 1840. The number of carboxylic acid groups (broad SMARTS) is 1. The van der Waals surface area contributed by atoms with E-state index in [1.165, 1.54) is 24.7 Å². The maximum atomic E-state index is 13.9. The lowest BCUT2D eigenvalue weighted by Gasteiger charge is -2.25. The smallest absolute Gasteiger partial charge is 0.326 e. The van der Waals surface area contributed by atoms with Crippen molar-refractivity contribution >= 4 is 34.6 Å². The fourth-order valence-corrected chi connectivity index (χ4v) is 5.41. The molecule has 0 radical (unpaired) electrons. The van der Waals surface area contributed by atoms with Crippen LogP contribution >= 0.6 is 0 Å². The molecule has 2 heterocycles. The molecule has 0 spiro atoms. The molecule has 48 heavy (non-hydrogen) atoms. The highest BCUT2D eigenvalue weighted by Gasteiger charge is 2.31. The molecule has 4 atom stereocenters. The lowest BCUT2D eigenvalue weighted by Crippen LogP contribution is -2.58. The zero-order valence-corrected chi connectivity index (χ0v) is 25.9. The molecule has 0 aliphatic heterocycles. The third kappa shape index (κ3) is 8.85. The molecule has 0 saturated heterocycles. The van der Waals surface area contributed by atoms with Crippen LogP contribution in [-0.4, -0.2) is 73.0 Å². The number of benzene rings is 3. The number of hydrogen-bond donors (Lipinski definition) is 8. The van der Waals surface area contributed by atoms with Crippen molar-refractivity contribution < 1.29 is 29.4 Å². The summed E-state index contributed by atoms with van der Waals surface area (Å²) < 4.78 is 0. The summed E-state index contributed by atoms with van der Waals surface area (Å²) in [5, 5.41) is 28.4. The maximum Gasteiger partial charge on any atom is 0.326 e. The highest BCUT2D eigenvalue weighted by molar-refractivity contribution is 5.94. The summed E-state index contributed by atoms with van der Waals surface area (Å²) in [4.78, 5) is 63.0. The van der Waals surface area contributed by atoms with E-state index in [9.17, 15) is 29.4 Å². The minimum absolute atomic E-state index is 0.0214. The fraction of sp³-hybridized carbons (Fsp3) is 0.229. The van der Waals surface area contributed by atoms with Gasteiger partial charge >= 0.3 is 5.97 Å². The van der Waals surface area contributed by atoms with Crippen LogP contribution in [0.5, 0.6) is 5.75 Å². The van der Waals surface area contributed by atoms with E-state index in [1.54, 1.807) is 18.3 Å². The third-order valence-corrected chi connectivity index (χ3v) is 7.97. The average molecular weight is 652 g/mol. The Labute approximate surface area is 276 Å². The monoisotopic (exact) mass is 651 g/mol. The summed E-state index contributed by atoms with van der Waals surface area (Å²) in [7, 11) is 0. The van der Waals surface area contributed by atoms with Gasteiger partial charge < -0.3 is 41.9 Å². The molecule has 9 N–H and O–H groups in total. The number of nitrogens with one attached hydrogen (secondary N) is 5. The molecule has 13 nitrogen and oxygen atoms in total. The summed E-state index contributed by atoms with van der Waals surface area (Å²) in [6.07, 6.45) is 4.95. The van der Waals surface area contributed by atoms with Gasteiger partial charge in [0.05, 0.1) is 12.4 Å². The lowest BCUT2D eigenvalue weighted by atomic mass is 10.0. The van der Waals surface area contributed by atoms with Gasteiger partial charge in [0, 0.05) is 48.3 Å². The topological polar surface area (TPSA) is 215 Å². The Morgan fingerprint density at radius 1 is 0.708 bits per heavy atom. The lowest BCUT2D eigenvalue weighted by molar-refractivity contribution is -0.142. The van der Waals surface area contributed by atoms with E-state index in [-0.39, 0.29) is 31.4 Å². The van der Waals surface area contributed by atoms with Crippen molar-refractivity contribution in [3.05, 3.63) is 120 Å². The molecule has 5 aromatic rings. The van der Waals surface area contributed by atoms with Gasteiger partial charge in [0.15, 0.2) is 0 Å². The zero-order chi connectivity index (χ0) is 34.0. The third-order valence-electron chi connectivity index (χ3n) is 7.97. The number of aliphatic carboxylic acids is 1. The zero-order valence-electron chi connectivity index (χ0n) is 25.9. The molecule has 0 fully saturated rings. The number of carbonyl (C=O) groups excluding carboxylic acids is 3. The Morgan fingerprint density at radius 3 is 2.00 bits per heavy atom. The van der Waals surface area contributed by atoms with Gasteiger partial charge in [-0.1, -0.05) is 60.7 Å². The molecule has 5 rings (SSSR count). The van der Waals surface area contributed by atoms with Crippen molar-refractivity contribution in [1.29, 1.82) is 0 Å². The Balaban J connectivity index is 1.33. The van der Waals surface area contributed by atoms with Crippen molar-refractivity contribution in [3.8, 4) is 5.75 Å². The normalized spacial score (nSPS) is 13.6. The van der Waals surface area contributed by atoms with E-state index in [1.807, 2.05) is 54.6 Å². The van der Waals surface area contributed by atoms with E-state index in [0.717, 1.165) is 22.0 Å². The number of nitrogens with zero attached hydrogens (tertiary/aromatic N) is 1. The fourth-order valence-electron chi connectivity index (χ4n) is 5.41. The van der Waals surface area contributed by atoms with Crippen LogP contribution in [0.1, 0.15) is 22.4 Å². The second kappa shape index (κ2) is 15.6. The van der Waals surface area contributed by atoms with Gasteiger partial charge in [-0.25, -0.2) is 9.78 Å². The van der Waals surface area contributed by atoms with Crippen LogP contribution in [0.2, 0.25) is 0 Å². The van der Waals surface area contributed by atoms with Crippen molar-refractivity contribution in [1.82, 2.24) is 30.9 Å². The van der Waals surface area contributed by atoms with Crippen LogP contribution < -0.4 is 21.7 Å². The van der Waals surface area contributed by atoms with Gasteiger partial charge in [-0.15, -0.1) is 0 Å². The van der Waals surface area contributed by atoms with Gasteiger partial charge in [-0.05, 0) is 41.3 Å². The van der Waals surface area contributed by atoms with Crippen molar-refractivity contribution in [3.63, 3.8) is 0 Å². The van der Waals surface area contributed by atoms with E-state index >= 15 is 0 Å². The Hall–Kier alpha value is -5.95. The van der Waals surface area contributed by atoms with Gasteiger partial charge in [-0.2, -0.15) is 0 Å². The molecule has 0 aliphatic rings. The van der Waals surface area contributed by atoms with Gasteiger partial charge in [0.25, 0.3) is 0 Å². The summed E-state index contributed by atoms with van der Waals surface area (Å²) in [6.45, 7) is 0. The number of amides is 3. The molecule has 4 unspecified atom stereocenters. The number of nitrogens with two attached hydrogens (primary N) is 1. The second-order valence-corrected chi connectivity index (χ2v) is 11.5. The number of H-pyrrole nitrogens is 2. The predicted molar refractivity (Wildman–Crippen MR) is 178 cm³/mol. The summed E-state index contributed by atoms with van der Waals surface area (Å²) >= 11 is 0. The SMILES string of the molecule is NC(Cc1c[nH]c2ccccc12)C(=O)NC(Cc1ccccc1)C(=O)NC(Cc1cnc[nH]1)C(=O)NC(Cc1ccc(O)cc1)C(=O)O. The van der Waals surface area contributed by atoms with Crippen LogP contribution in [0.25, 0.3) is 10.9 Å². The van der Waals surface area contributed by atoms with E-state index in [0.29, 0.717) is 11.3 Å². The Morgan fingerprint density at radius 2 is 1.31 bits per heavy atom. The van der Waals surface area contributed by atoms with Crippen LogP contribution in [0.3, 0.4) is 0 Å². The first-order valence-electron chi connectivity index (χ1n) is 15.4. The second-order valence-electron chi connectivity index (χ2n) is 11.5. The molecule has 0 bridgehead atoms. The Kier molecular flexibility index (Phi) is 10.8. The predicted octanol–water partition coefficient (Wildman–Crippen LogP) is 1.73. The van der Waals surface area contributed by atoms with Crippen LogP contribution in [0.4, 0.5) is 0 Å². The van der Waals surface area contributed by atoms with Crippen LogP contribution in [0, 0.1) is 0 Å². The summed E-state index contributed by atoms with van der Waals surface area (Å²) in [6, 6.07) is 18.0. The number of para-hydroxylation sites is 1. The summed E-state index contributed by atoms with van der Waals surface area (Å²) in [5.41, 5.74) is 9.96. The number of aromatic amines is 2. The molecule has 2 aromatic heterocycles. The van der Waals surface area contributed by atoms with Crippen molar-refractivity contribution in [2.75, 3.05) is 0 Å². The number of imidazole rings is 1. The number of carboxylic acids is 1. The van der Waals surface area contributed by atoms with E-state index in [2.05, 4.69) is 30.9 Å². The van der Waals surface area contributed by atoms with Crippen LogP contribution in [-0.2, 0) is 44.9 Å². The molecular weight excluding hydrogens is 614 g/mol. The number of aromatic nitrogens is 3. The number of carbonyl (C=O) groups is 4. The van der Waals surface area contributed by atoms with E-state index in [4.69, 9.17) is 5.73 Å². The van der Waals surface area contributed by atoms with Crippen molar-refractivity contribution in [2.24, 2.45) is 5.73 Å². The first-order chi connectivity index (χ1) is 23.2. The maximum absolute atomic E-state index is 13.9. The van der Waals surface area contributed by atoms with Gasteiger partial charge in [-0.3, -0.25) is 14.4 Å². The average Bonchev–Trinajstić information content (AvgIpc) is 3.75. The quantitative estimate of drug-likeness (QED) is 0.0832. The molecule has 3 aromatic carbocycles.